The normalized spacial score (nSPS) is 13.2. The zero-order valence-corrected chi connectivity index (χ0v) is 15.4. The lowest BCUT2D eigenvalue weighted by Gasteiger charge is -2.11. The molecule has 138 valence electrons. The number of hydrogen-bond donors (Lipinski definition) is 3. The molecule has 3 aromatic rings. The van der Waals surface area contributed by atoms with Crippen LogP contribution < -0.4 is 10.6 Å². The number of hydrogen-bond acceptors (Lipinski definition) is 2. The summed E-state index contributed by atoms with van der Waals surface area (Å²) in [6.07, 6.45) is 4.56. The summed E-state index contributed by atoms with van der Waals surface area (Å²) >= 11 is 0. The molecule has 4 rings (SSSR count). The van der Waals surface area contributed by atoms with Gasteiger partial charge in [0, 0.05) is 40.0 Å². The lowest BCUT2D eigenvalue weighted by Crippen LogP contribution is -2.22. The number of aromatic amines is 1. The van der Waals surface area contributed by atoms with E-state index in [-0.39, 0.29) is 11.8 Å². The van der Waals surface area contributed by atoms with Gasteiger partial charge >= 0.3 is 0 Å². The molecule has 5 heteroatoms. The van der Waals surface area contributed by atoms with Crippen LogP contribution in [0, 0.1) is 0 Å². The van der Waals surface area contributed by atoms with Crippen molar-refractivity contribution in [3.05, 3.63) is 64.8 Å². The summed E-state index contributed by atoms with van der Waals surface area (Å²) in [7, 11) is 0. The Bertz CT molecular complexity index is 1020. The van der Waals surface area contributed by atoms with Crippen LogP contribution in [-0.4, -0.2) is 23.3 Å². The number of rotatable bonds is 4. The van der Waals surface area contributed by atoms with E-state index in [2.05, 4.69) is 15.6 Å². The van der Waals surface area contributed by atoms with Crippen LogP contribution in [-0.2, 0) is 12.8 Å². The first kappa shape index (κ1) is 17.3. The quantitative estimate of drug-likeness (QED) is 0.656. The smallest absolute Gasteiger partial charge is 0.255 e. The first-order valence-electron chi connectivity index (χ1n) is 9.49. The van der Waals surface area contributed by atoms with Crippen LogP contribution in [0.25, 0.3) is 10.9 Å². The highest BCUT2D eigenvalue weighted by Crippen LogP contribution is 2.29. The van der Waals surface area contributed by atoms with Crippen molar-refractivity contribution >= 4 is 28.4 Å². The van der Waals surface area contributed by atoms with Crippen LogP contribution in [0.5, 0.6) is 0 Å². The molecule has 5 nitrogen and oxygen atoms in total. The molecule has 0 saturated heterocycles. The standard InChI is InChI=1S/C22H23N3O2/c1-2-23-21(26)14-6-5-7-16(12-14)24-22(27)15-10-11-20-18(13-15)17-8-3-4-9-19(17)25-20/h5-7,10-13,25H,2-4,8-9H2,1H3,(H,23,26)(H,24,27). The van der Waals surface area contributed by atoms with Gasteiger partial charge in [-0.05, 0) is 74.6 Å². The van der Waals surface area contributed by atoms with Gasteiger partial charge in [0.05, 0.1) is 0 Å². The van der Waals surface area contributed by atoms with Gasteiger partial charge in [0.25, 0.3) is 11.8 Å². The maximum absolute atomic E-state index is 12.7. The molecule has 1 heterocycles. The number of amides is 2. The third-order valence-corrected chi connectivity index (χ3v) is 5.08. The third kappa shape index (κ3) is 3.45. The minimum absolute atomic E-state index is 0.144. The molecule has 2 aromatic carbocycles. The predicted molar refractivity (Wildman–Crippen MR) is 107 cm³/mol. The molecule has 1 aromatic heterocycles. The van der Waals surface area contributed by atoms with Crippen LogP contribution in [0.15, 0.2) is 42.5 Å². The lowest BCUT2D eigenvalue weighted by atomic mass is 9.95. The molecular formula is C22H23N3O2. The summed E-state index contributed by atoms with van der Waals surface area (Å²) in [5.74, 6) is -0.315. The van der Waals surface area contributed by atoms with Gasteiger partial charge in [0.2, 0.25) is 0 Å². The van der Waals surface area contributed by atoms with Crippen molar-refractivity contribution in [2.24, 2.45) is 0 Å². The number of aryl methyl sites for hydroxylation is 2. The first-order valence-corrected chi connectivity index (χ1v) is 9.49. The molecule has 2 amide bonds. The second-order valence-electron chi connectivity index (χ2n) is 6.94. The Morgan fingerprint density at radius 1 is 1.00 bits per heavy atom. The Morgan fingerprint density at radius 2 is 1.81 bits per heavy atom. The van der Waals surface area contributed by atoms with E-state index in [1.165, 1.54) is 24.1 Å². The second-order valence-corrected chi connectivity index (χ2v) is 6.94. The molecule has 0 atom stereocenters. The molecule has 3 N–H and O–H groups in total. The van der Waals surface area contributed by atoms with Gasteiger partial charge in [-0.15, -0.1) is 0 Å². The van der Waals surface area contributed by atoms with E-state index in [1.807, 2.05) is 25.1 Å². The van der Waals surface area contributed by atoms with Crippen molar-refractivity contribution in [2.45, 2.75) is 32.6 Å². The molecule has 1 aliphatic carbocycles. The van der Waals surface area contributed by atoms with Crippen LogP contribution in [0.2, 0.25) is 0 Å². The molecule has 1 aliphatic rings. The number of anilines is 1. The Hall–Kier alpha value is -3.08. The van der Waals surface area contributed by atoms with Gasteiger partial charge in [0.15, 0.2) is 0 Å². The minimum Gasteiger partial charge on any atom is -0.358 e. The molecule has 0 fully saturated rings. The minimum atomic E-state index is -0.171. The molecule has 0 aliphatic heterocycles. The number of carbonyl (C=O) groups is 2. The van der Waals surface area contributed by atoms with E-state index in [4.69, 9.17) is 0 Å². The van der Waals surface area contributed by atoms with Crippen molar-refractivity contribution in [1.82, 2.24) is 10.3 Å². The Balaban J connectivity index is 1.58. The highest BCUT2D eigenvalue weighted by Gasteiger charge is 2.17. The van der Waals surface area contributed by atoms with Gasteiger partial charge in [-0.1, -0.05) is 6.07 Å². The van der Waals surface area contributed by atoms with Crippen molar-refractivity contribution in [1.29, 1.82) is 0 Å². The summed E-state index contributed by atoms with van der Waals surface area (Å²) in [6, 6.07) is 12.8. The highest BCUT2D eigenvalue weighted by atomic mass is 16.2. The summed E-state index contributed by atoms with van der Waals surface area (Å²) < 4.78 is 0. The summed E-state index contributed by atoms with van der Waals surface area (Å²) in [6.45, 7) is 2.44. The van der Waals surface area contributed by atoms with E-state index in [1.54, 1.807) is 24.3 Å². The van der Waals surface area contributed by atoms with E-state index in [0.717, 1.165) is 23.7 Å². The first-order chi connectivity index (χ1) is 13.2. The zero-order valence-electron chi connectivity index (χ0n) is 15.4. The van der Waals surface area contributed by atoms with Gasteiger partial charge in [-0.25, -0.2) is 0 Å². The van der Waals surface area contributed by atoms with E-state index in [9.17, 15) is 9.59 Å². The summed E-state index contributed by atoms with van der Waals surface area (Å²) in [5.41, 5.74) is 5.52. The number of aromatic nitrogens is 1. The Kier molecular flexibility index (Phi) is 4.67. The summed E-state index contributed by atoms with van der Waals surface area (Å²) in [5, 5.41) is 6.82. The molecule has 0 unspecified atom stereocenters. The second kappa shape index (κ2) is 7.27. The van der Waals surface area contributed by atoms with Crippen molar-refractivity contribution < 1.29 is 9.59 Å². The SMILES string of the molecule is CCNC(=O)c1cccc(NC(=O)c2ccc3[nH]c4c(c3c2)CCCC4)c1. The molecule has 0 spiro atoms. The number of fused-ring (bicyclic) bond motifs is 3. The number of benzene rings is 2. The van der Waals surface area contributed by atoms with Crippen molar-refractivity contribution in [3.8, 4) is 0 Å². The monoisotopic (exact) mass is 361 g/mol. The molecule has 0 saturated carbocycles. The van der Waals surface area contributed by atoms with Crippen LogP contribution >= 0.6 is 0 Å². The molecule has 0 radical (unpaired) electrons. The van der Waals surface area contributed by atoms with Gasteiger partial charge in [0.1, 0.15) is 0 Å². The highest BCUT2D eigenvalue weighted by molar-refractivity contribution is 6.07. The molecule has 0 bridgehead atoms. The molecular weight excluding hydrogens is 338 g/mol. The Morgan fingerprint density at radius 3 is 2.67 bits per heavy atom. The number of carbonyl (C=O) groups excluding carboxylic acids is 2. The maximum atomic E-state index is 12.7. The fourth-order valence-electron chi connectivity index (χ4n) is 3.75. The lowest BCUT2D eigenvalue weighted by molar-refractivity contribution is 0.0954. The zero-order chi connectivity index (χ0) is 18.8. The maximum Gasteiger partial charge on any atom is 0.255 e. The van der Waals surface area contributed by atoms with E-state index >= 15 is 0 Å². The number of nitrogens with one attached hydrogen (secondary N) is 3. The van der Waals surface area contributed by atoms with Crippen LogP contribution in [0.1, 0.15) is 51.7 Å². The average molecular weight is 361 g/mol. The van der Waals surface area contributed by atoms with Crippen LogP contribution in [0.4, 0.5) is 5.69 Å². The fraction of sp³-hybridized carbons (Fsp3) is 0.273. The number of H-pyrrole nitrogens is 1. The molecule has 27 heavy (non-hydrogen) atoms. The predicted octanol–water partition coefficient (Wildman–Crippen LogP) is 4.05. The van der Waals surface area contributed by atoms with Gasteiger partial charge in [-0.3, -0.25) is 9.59 Å². The Labute approximate surface area is 158 Å². The topological polar surface area (TPSA) is 74.0 Å². The van der Waals surface area contributed by atoms with Gasteiger partial charge in [-0.2, -0.15) is 0 Å². The third-order valence-electron chi connectivity index (χ3n) is 5.08. The van der Waals surface area contributed by atoms with Gasteiger partial charge < -0.3 is 15.6 Å². The largest absolute Gasteiger partial charge is 0.358 e. The van der Waals surface area contributed by atoms with E-state index < -0.39 is 0 Å². The van der Waals surface area contributed by atoms with Crippen molar-refractivity contribution in [2.75, 3.05) is 11.9 Å². The average Bonchev–Trinajstić information content (AvgIpc) is 3.06. The van der Waals surface area contributed by atoms with Crippen molar-refractivity contribution in [3.63, 3.8) is 0 Å². The summed E-state index contributed by atoms with van der Waals surface area (Å²) in [4.78, 5) is 28.2. The van der Waals surface area contributed by atoms with Crippen LogP contribution in [0.3, 0.4) is 0 Å². The van der Waals surface area contributed by atoms with E-state index in [0.29, 0.717) is 23.4 Å². The fourth-order valence-corrected chi connectivity index (χ4v) is 3.75.